The first-order chi connectivity index (χ1) is 6.13. The molecule has 13 heavy (non-hydrogen) atoms. The Morgan fingerprint density at radius 1 is 1.54 bits per heavy atom. The van der Waals surface area contributed by atoms with Crippen LogP contribution in [-0.4, -0.2) is 24.5 Å². The van der Waals surface area contributed by atoms with Crippen molar-refractivity contribution in [3.63, 3.8) is 0 Å². The van der Waals surface area contributed by atoms with Gasteiger partial charge in [-0.15, -0.1) is 0 Å². The van der Waals surface area contributed by atoms with Crippen LogP contribution in [0.2, 0.25) is 0 Å². The van der Waals surface area contributed by atoms with Gasteiger partial charge in [0.2, 0.25) is 0 Å². The second-order valence-corrected chi connectivity index (χ2v) is 3.51. The van der Waals surface area contributed by atoms with Crippen molar-refractivity contribution in [2.24, 2.45) is 5.73 Å². The Balaban J connectivity index is 2.49. The van der Waals surface area contributed by atoms with Gasteiger partial charge in [-0.2, -0.15) is 0 Å². The third-order valence-corrected chi connectivity index (χ3v) is 2.29. The van der Waals surface area contributed by atoms with Gasteiger partial charge in [0.25, 0.3) is 0 Å². The predicted octanol–water partition coefficient (Wildman–Crippen LogP) is 1.37. The molecule has 0 saturated heterocycles. The van der Waals surface area contributed by atoms with Gasteiger partial charge in [-0.25, -0.2) is 0 Å². The zero-order chi connectivity index (χ0) is 9.84. The van der Waals surface area contributed by atoms with E-state index in [1.165, 1.54) is 0 Å². The number of likely N-dealkylation sites (N-methyl/N-ethyl adjacent to an activating group) is 1. The molecule has 2 N–H and O–H groups in total. The molecular formula is C10H18N2O. The lowest BCUT2D eigenvalue weighted by molar-refractivity contribution is 0.233. The lowest BCUT2D eigenvalue weighted by atomic mass is 10.3. The molecule has 0 amide bonds. The first-order valence-electron chi connectivity index (χ1n) is 4.59. The Hall–Kier alpha value is -0.800. The quantitative estimate of drug-likeness (QED) is 0.764. The van der Waals surface area contributed by atoms with E-state index in [2.05, 4.69) is 18.9 Å². The van der Waals surface area contributed by atoms with Crippen LogP contribution in [-0.2, 0) is 6.54 Å². The largest absolute Gasteiger partial charge is 0.465 e. The fraction of sp³-hybridized carbons (Fsp3) is 0.600. The maximum Gasteiger partial charge on any atom is 0.118 e. The Labute approximate surface area is 79.5 Å². The van der Waals surface area contributed by atoms with Gasteiger partial charge in [0.15, 0.2) is 0 Å². The Kier molecular flexibility index (Phi) is 3.51. The van der Waals surface area contributed by atoms with E-state index in [4.69, 9.17) is 10.2 Å². The lowest BCUT2D eigenvalue weighted by Crippen LogP contribution is -2.34. The topological polar surface area (TPSA) is 42.4 Å². The van der Waals surface area contributed by atoms with E-state index in [1.807, 2.05) is 19.1 Å². The van der Waals surface area contributed by atoms with Crippen LogP contribution in [0.4, 0.5) is 0 Å². The number of nitrogens with zero attached hydrogens (tertiary/aromatic N) is 1. The molecule has 0 bridgehead atoms. The minimum atomic E-state index is 0.394. The highest BCUT2D eigenvalue weighted by atomic mass is 16.3. The summed E-state index contributed by atoms with van der Waals surface area (Å²) in [5.74, 6) is 1.96. The van der Waals surface area contributed by atoms with Crippen molar-refractivity contribution in [1.82, 2.24) is 4.90 Å². The van der Waals surface area contributed by atoms with Gasteiger partial charge in [-0.05, 0) is 33.0 Å². The van der Waals surface area contributed by atoms with E-state index >= 15 is 0 Å². The first kappa shape index (κ1) is 10.3. The first-order valence-corrected chi connectivity index (χ1v) is 4.59. The summed E-state index contributed by atoms with van der Waals surface area (Å²) < 4.78 is 5.47. The second kappa shape index (κ2) is 4.44. The molecule has 0 radical (unpaired) electrons. The summed E-state index contributed by atoms with van der Waals surface area (Å²) in [6.07, 6.45) is 0. The van der Waals surface area contributed by atoms with E-state index < -0.39 is 0 Å². The van der Waals surface area contributed by atoms with Crippen LogP contribution in [0, 0.1) is 6.92 Å². The van der Waals surface area contributed by atoms with Gasteiger partial charge in [0, 0.05) is 12.6 Å². The molecule has 1 atom stereocenters. The van der Waals surface area contributed by atoms with Gasteiger partial charge in [-0.1, -0.05) is 0 Å². The molecule has 0 aromatic carbocycles. The Morgan fingerprint density at radius 3 is 2.69 bits per heavy atom. The molecule has 1 unspecified atom stereocenters. The number of nitrogens with two attached hydrogens (primary N) is 1. The third kappa shape index (κ3) is 2.86. The van der Waals surface area contributed by atoms with Gasteiger partial charge < -0.3 is 10.2 Å². The summed E-state index contributed by atoms with van der Waals surface area (Å²) >= 11 is 0. The van der Waals surface area contributed by atoms with Gasteiger partial charge in [0.05, 0.1) is 6.54 Å². The number of furan rings is 1. The zero-order valence-electron chi connectivity index (χ0n) is 8.58. The van der Waals surface area contributed by atoms with Gasteiger partial charge in [0.1, 0.15) is 11.5 Å². The highest BCUT2D eigenvalue weighted by Gasteiger charge is 2.09. The summed E-state index contributed by atoms with van der Waals surface area (Å²) in [4.78, 5) is 2.18. The summed E-state index contributed by atoms with van der Waals surface area (Å²) in [5.41, 5.74) is 5.56. The minimum Gasteiger partial charge on any atom is -0.465 e. The van der Waals surface area contributed by atoms with Crippen LogP contribution in [0.5, 0.6) is 0 Å². The van der Waals surface area contributed by atoms with Crippen LogP contribution < -0.4 is 5.73 Å². The molecule has 0 aliphatic rings. The molecule has 1 aromatic rings. The fourth-order valence-electron chi connectivity index (χ4n) is 1.15. The summed E-state index contributed by atoms with van der Waals surface area (Å²) in [5, 5.41) is 0. The van der Waals surface area contributed by atoms with Crippen molar-refractivity contribution in [1.29, 1.82) is 0 Å². The minimum absolute atomic E-state index is 0.394. The van der Waals surface area contributed by atoms with E-state index in [0.29, 0.717) is 12.6 Å². The van der Waals surface area contributed by atoms with E-state index in [9.17, 15) is 0 Å². The average Bonchev–Trinajstić information content (AvgIpc) is 2.49. The normalized spacial score (nSPS) is 13.6. The molecule has 1 heterocycles. The number of hydrogen-bond donors (Lipinski definition) is 1. The van der Waals surface area contributed by atoms with Crippen molar-refractivity contribution in [3.8, 4) is 0 Å². The third-order valence-electron chi connectivity index (χ3n) is 2.29. The Bertz CT molecular complexity index is 257. The molecule has 3 nitrogen and oxygen atoms in total. The van der Waals surface area contributed by atoms with E-state index in [-0.39, 0.29) is 0 Å². The maximum absolute atomic E-state index is 5.56. The van der Waals surface area contributed by atoms with Gasteiger partial charge >= 0.3 is 0 Å². The lowest BCUT2D eigenvalue weighted by Gasteiger charge is -2.21. The van der Waals surface area contributed by atoms with E-state index in [0.717, 1.165) is 18.1 Å². The summed E-state index contributed by atoms with van der Waals surface area (Å²) in [6, 6.07) is 4.39. The van der Waals surface area contributed by atoms with Crippen LogP contribution in [0.3, 0.4) is 0 Å². The van der Waals surface area contributed by atoms with Crippen molar-refractivity contribution in [2.45, 2.75) is 26.4 Å². The molecule has 1 aromatic heterocycles. The molecule has 0 aliphatic heterocycles. The molecular weight excluding hydrogens is 164 g/mol. The molecule has 0 fully saturated rings. The summed E-state index contributed by atoms with van der Waals surface area (Å²) in [7, 11) is 2.05. The number of hydrogen-bond acceptors (Lipinski definition) is 3. The molecule has 1 rings (SSSR count). The highest BCUT2D eigenvalue weighted by molar-refractivity contribution is 5.05. The van der Waals surface area contributed by atoms with Gasteiger partial charge in [-0.3, -0.25) is 4.90 Å². The molecule has 0 saturated carbocycles. The van der Waals surface area contributed by atoms with Crippen molar-refractivity contribution in [2.75, 3.05) is 13.6 Å². The SMILES string of the molecule is Cc1ccc(CN(C)C(C)CN)o1. The number of rotatable bonds is 4. The maximum atomic E-state index is 5.56. The highest BCUT2D eigenvalue weighted by Crippen LogP contribution is 2.09. The van der Waals surface area contributed by atoms with Crippen LogP contribution in [0.25, 0.3) is 0 Å². The van der Waals surface area contributed by atoms with Crippen LogP contribution >= 0.6 is 0 Å². The smallest absolute Gasteiger partial charge is 0.118 e. The van der Waals surface area contributed by atoms with Crippen molar-refractivity contribution >= 4 is 0 Å². The molecule has 74 valence electrons. The van der Waals surface area contributed by atoms with Crippen LogP contribution in [0.1, 0.15) is 18.4 Å². The van der Waals surface area contributed by atoms with Crippen molar-refractivity contribution in [3.05, 3.63) is 23.7 Å². The standard InChI is InChI=1S/C10H18N2O/c1-8(6-11)12(3)7-10-5-4-9(2)13-10/h4-5,8H,6-7,11H2,1-3H3. The monoisotopic (exact) mass is 182 g/mol. The second-order valence-electron chi connectivity index (χ2n) is 3.51. The molecule has 0 aliphatic carbocycles. The Morgan fingerprint density at radius 2 is 2.23 bits per heavy atom. The molecule has 0 spiro atoms. The summed E-state index contributed by atoms with van der Waals surface area (Å²) in [6.45, 7) is 5.56. The molecule has 3 heteroatoms. The van der Waals surface area contributed by atoms with Crippen LogP contribution in [0.15, 0.2) is 16.5 Å². The predicted molar refractivity (Wildman–Crippen MR) is 53.4 cm³/mol. The number of aryl methyl sites for hydroxylation is 1. The zero-order valence-corrected chi connectivity index (χ0v) is 8.58. The van der Waals surface area contributed by atoms with Crippen molar-refractivity contribution < 1.29 is 4.42 Å². The average molecular weight is 182 g/mol. The van der Waals surface area contributed by atoms with E-state index in [1.54, 1.807) is 0 Å². The fourth-order valence-corrected chi connectivity index (χ4v) is 1.15.